The second-order valence-electron chi connectivity index (χ2n) is 5.19. The SMILES string of the molecule is Cc1ccc(NC(=O)N2CC(C(C)C(=O)O)C2)cc1F. The van der Waals surface area contributed by atoms with Crippen LogP contribution in [0.25, 0.3) is 0 Å². The summed E-state index contributed by atoms with van der Waals surface area (Å²) in [7, 11) is 0. The Morgan fingerprint density at radius 1 is 1.45 bits per heavy atom. The highest BCUT2D eigenvalue weighted by Crippen LogP contribution is 2.25. The van der Waals surface area contributed by atoms with E-state index in [1.54, 1.807) is 26.0 Å². The molecule has 2 rings (SSSR count). The molecule has 0 saturated carbocycles. The van der Waals surface area contributed by atoms with Gasteiger partial charge >= 0.3 is 12.0 Å². The minimum atomic E-state index is -0.851. The van der Waals surface area contributed by atoms with E-state index in [1.165, 1.54) is 11.0 Å². The molecule has 1 fully saturated rings. The zero-order valence-corrected chi connectivity index (χ0v) is 11.4. The van der Waals surface area contributed by atoms with Gasteiger partial charge in [-0.25, -0.2) is 9.18 Å². The fourth-order valence-corrected chi connectivity index (χ4v) is 2.07. The number of rotatable bonds is 3. The van der Waals surface area contributed by atoms with E-state index in [1.807, 2.05) is 0 Å². The summed E-state index contributed by atoms with van der Waals surface area (Å²) in [6, 6.07) is 4.16. The third kappa shape index (κ3) is 2.89. The van der Waals surface area contributed by atoms with Crippen molar-refractivity contribution in [2.75, 3.05) is 18.4 Å². The number of likely N-dealkylation sites (tertiary alicyclic amines) is 1. The fraction of sp³-hybridized carbons (Fsp3) is 0.429. The van der Waals surface area contributed by atoms with Gasteiger partial charge in [0.15, 0.2) is 0 Å². The van der Waals surface area contributed by atoms with Gasteiger partial charge in [-0.2, -0.15) is 0 Å². The Morgan fingerprint density at radius 3 is 2.65 bits per heavy atom. The van der Waals surface area contributed by atoms with Gasteiger partial charge in [0.1, 0.15) is 5.82 Å². The molecule has 1 saturated heterocycles. The van der Waals surface area contributed by atoms with Gasteiger partial charge in [0, 0.05) is 24.7 Å². The molecule has 1 unspecified atom stereocenters. The van der Waals surface area contributed by atoms with Crippen LogP contribution < -0.4 is 5.32 Å². The standard InChI is InChI=1S/C14H17FN2O3/c1-8-3-4-11(5-12(8)15)16-14(20)17-6-10(7-17)9(2)13(18)19/h3-5,9-10H,6-7H2,1-2H3,(H,16,20)(H,18,19). The summed E-state index contributed by atoms with van der Waals surface area (Å²) in [5.74, 6) is -1.71. The highest BCUT2D eigenvalue weighted by atomic mass is 19.1. The van der Waals surface area contributed by atoms with Crippen LogP contribution in [-0.2, 0) is 4.79 Å². The number of benzene rings is 1. The maximum atomic E-state index is 13.4. The molecule has 1 aromatic carbocycles. The number of carbonyl (C=O) groups is 2. The Morgan fingerprint density at radius 2 is 2.10 bits per heavy atom. The lowest BCUT2D eigenvalue weighted by Crippen LogP contribution is -2.54. The van der Waals surface area contributed by atoms with E-state index >= 15 is 0 Å². The fourth-order valence-electron chi connectivity index (χ4n) is 2.07. The van der Waals surface area contributed by atoms with Crippen molar-refractivity contribution in [1.82, 2.24) is 4.90 Å². The second-order valence-corrected chi connectivity index (χ2v) is 5.19. The normalized spacial score (nSPS) is 16.4. The number of carboxylic acid groups (broad SMARTS) is 1. The van der Waals surface area contributed by atoms with Crippen molar-refractivity contribution < 1.29 is 19.1 Å². The Kier molecular flexibility index (Phi) is 3.92. The third-order valence-electron chi connectivity index (χ3n) is 3.72. The number of urea groups is 1. The molecule has 1 heterocycles. The van der Waals surface area contributed by atoms with E-state index in [-0.39, 0.29) is 17.8 Å². The van der Waals surface area contributed by atoms with Crippen LogP contribution in [-0.4, -0.2) is 35.1 Å². The highest BCUT2D eigenvalue weighted by molar-refractivity contribution is 5.90. The van der Waals surface area contributed by atoms with Crippen LogP contribution in [0.4, 0.5) is 14.9 Å². The third-order valence-corrected chi connectivity index (χ3v) is 3.72. The van der Waals surface area contributed by atoms with Crippen LogP contribution in [0.1, 0.15) is 12.5 Å². The largest absolute Gasteiger partial charge is 0.481 e. The van der Waals surface area contributed by atoms with Crippen LogP contribution in [0.5, 0.6) is 0 Å². The molecule has 108 valence electrons. The number of aliphatic carboxylic acids is 1. The second kappa shape index (κ2) is 5.48. The van der Waals surface area contributed by atoms with Crippen molar-refractivity contribution in [2.24, 2.45) is 11.8 Å². The van der Waals surface area contributed by atoms with E-state index in [0.717, 1.165) is 0 Å². The quantitative estimate of drug-likeness (QED) is 0.892. The lowest BCUT2D eigenvalue weighted by molar-refractivity contribution is -0.144. The average Bonchev–Trinajstić information content (AvgIpc) is 2.31. The predicted molar refractivity (Wildman–Crippen MR) is 72.0 cm³/mol. The molecule has 2 N–H and O–H groups in total. The summed E-state index contributed by atoms with van der Waals surface area (Å²) in [6.45, 7) is 4.10. The molecule has 0 bridgehead atoms. The molecular weight excluding hydrogens is 263 g/mol. The number of nitrogens with one attached hydrogen (secondary N) is 1. The molecule has 0 spiro atoms. The van der Waals surface area contributed by atoms with Crippen LogP contribution in [0.2, 0.25) is 0 Å². The molecule has 1 aliphatic heterocycles. The van der Waals surface area contributed by atoms with Crippen molar-refractivity contribution in [3.63, 3.8) is 0 Å². The molecule has 2 amide bonds. The number of hydrogen-bond acceptors (Lipinski definition) is 2. The zero-order chi connectivity index (χ0) is 14.9. The molecular formula is C14H17FN2O3. The summed E-state index contributed by atoms with van der Waals surface area (Å²) < 4.78 is 13.4. The molecule has 0 aliphatic carbocycles. The first-order chi connectivity index (χ1) is 9.38. The highest BCUT2D eigenvalue weighted by Gasteiger charge is 2.37. The van der Waals surface area contributed by atoms with Gasteiger partial charge in [-0.3, -0.25) is 4.79 Å². The molecule has 1 atom stereocenters. The summed E-state index contributed by atoms with van der Waals surface area (Å²) in [6.07, 6.45) is 0. The van der Waals surface area contributed by atoms with Crippen molar-refractivity contribution >= 4 is 17.7 Å². The number of halogens is 1. The van der Waals surface area contributed by atoms with Gasteiger partial charge < -0.3 is 15.3 Å². The Hall–Kier alpha value is -2.11. The van der Waals surface area contributed by atoms with Gasteiger partial charge in [-0.15, -0.1) is 0 Å². The van der Waals surface area contributed by atoms with E-state index in [9.17, 15) is 14.0 Å². The van der Waals surface area contributed by atoms with Gasteiger partial charge in [-0.1, -0.05) is 13.0 Å². The summed E-state index contributed by atoms with van der Waals surface area (Å²) in [5, 5.41) is 11.5. The van der Waals surface area contributed by atoms with Crippen molar-refractivity contribution in [3.05, 3.63) is 29.6 Å². The first kappa shape index (κ1) is 14.3. The van der Waals surface area contributed by atoms with Crippen LogP contribution in [0, 0.1) is 24.6 Å². The smallest absolute Gasteiger partial charge is 0.321 e. The monoisotopic (exact) mass is 280 g/mol. The molecule has 1 aliphatic rings. The maximum Gasteiger partial charge on any atom is 0.321 e. The molecule has 5 nitrogen and oxygen atoms in total. The van der Waals surface area contributed by atoms with E-state index in [4.69, 9.17) is 5.11 Å². The Balaban J connectivity index is 1.88. The van der Waals surface area contributed by atoms with E-state index < -0.39 is 11.9 Å². The van der Waals surface area contributed by atoms with Gasteiger partial charge in [0.05, 0.1) is 5.92 Å². The number of hydrogen-bond donors (Lipinski definition) is 2. The van der Waals surface area contributed by atoms with Gasteiger partial charge in [0.25, 0.3) is 0 Å². The summed E-state index contributed by atoms with van der Waals surface area (Å²) in [4.78, 5) is 24.2. The van der Waals surface area contributed by atoms with Gasteiger partial charge in [-0.05, 0) is 24.6 Å². The lowest BCUT2D eigenvalue weighted by Gasteiger charge is -2.41. The van der Waals surface area contributed by atoms with E-state index in [0.29, 0.717) is 24.3 Å². The number of nitrogens with zero attached hydrogens (tertiary/aromatic N) is 1. The van der Waals surface area contributed by atoms with Crippen LogP contribution in [0.15, 0.2) is 18.2 Å². The minimum Gasteiger partial charge on any atom is -0.481 e. The maximum absolute atomic E-state index is 13.4. The molecule has 20 heavy (non-hydrogen) atoms. The number of aryl methyl sites for hydroxylation is 1. The van der Waals surface area contributed by atoms with Crippen LogP contribution in [0.3, 0.4) is 0 Å². The molecule has 1 aromatic rings. The summed E-state index contributed by atoms with van der Waals surface area (Å²) in [5.41, 5.74) is 0.912. The first-order valence-corrected chi connectivity index (χ1v) is 6.43. The molecule has 0 radical (unpaired) electrons. The Bertz CT molecular complexity index is 541. The number of anilines is 1. The van der Waals surface area contributed by atoms with E-state index in [2.05, 4.69) is 5.32 Å². The zero-order valence-electron chi connectivity index (χ0n) is 11.4. The topological polar surface area (TPSA) is 69.6 Å². The molecule has 0 aromatic heterocycles. The van der Waals surface area contributed by atoms with Crippen molar-refractivity contribution in [1.29, 1.82) is 0 Å². The summed E-state index contributed by atoms with van der Waals surface area (Å²) >= 11 is 0. The van der Waals surface area contributed by atoms with Crippen molar-refractivity contribution in [3.8, 4) is 0 Å². The van der Waals surface area contributed by atoms with Crippen LogP contribution >= 0.6 is 0 Å². The lowest BCUT2D eigenvalue weighted by atomic mass is 9.87. The molecule has 6 heteroatoms. The predicted octanol–water partition coefficient (Wildman–Crippen LogP) is 2.32. The number of carboxylic acids is 1. The first-order valence-electron chi connectivity index (χ1n) is 6.43. The minimum absolute atomic E-state index is 0.0204. The Labute approximate surface area is 116 Å². The average molecular weight is 280 g/mol. The van der Waals surface area contributed by atoms with Gasteiger partial charge in [0.2, 0.25) is 0 Å². The number of carbonyl (C=O) groups excluding carboxylic acids is 1. The number of amides is 2. The van der Waals surface area contributed by atoms with Crippen molar-refractivity contribution in [2.45, 2.75) is 13.8 Å².